The minimum absolute atomic E-state index is 0.0762. The van der Waals surface area contributed by atoms with Gasteiger partial charge in [-0.05, 0) is 12.8 Å². The van der Waals surface area contributed by atoms with Crippen LogP contribution in [0.25, 0.3) is 0 Å². The number of hydrogen-bond donors (Lipinski definition) is 2. The predicted molar refractivity (Wildman–Crippen MR) is 63.0 cm³/mol. The summed E-state index contributed by atoms with van der Waals surface area (Å²) in [4.78, 5) is 16.2. The van der Waals surface area contributed by atoms with Crippen LogP contribution in [0.5, 0.6) is 0 Å². The first kappa shape index (κ1) is 11.9. The third kappa shape index (κ3) is 2.58. The third-order valence-electron chi connectivity index (χ3n) is 3.39. The number of carbonyl (C=O) groups is 1. The van der Waals surface area contributed by atoms with Crippen LogP contribution in [0.15, 0.2) is 12.4 Å². The van der Waals surface area contributed by atoms with Gasteiger partial charge in [0.05, 0.1) is 17.8 Å². The summed E-state index contributed by atoms with van der Waals surface area (Å²) in [7, 11) is 0. The first-order valence-electron chi connectivity index (χ1n) is 5.92. The van der Waals surface area contributed by atoms with Crippen molar-refractivity contribution in [1.29, 1.82) is 0 Å². The third-order valence-corrected chi connectivity index (χ3v) is 3.39. The second-order valence-corrected chi connectivity index (χ2v) is 4.47. The van der Waals surface area contributed by atoms with E-state index in [0.29, 0.717) is 6.54 Å². The molecule has 3 N–H and O–H groups in total. The average molecular weight is 235 g/mol. The van der Waals surface area contributed by atoms with E-state index < -0.39 is 5.41 Å². The van der Waals surface area contributed by atoms with Gasteiger partial charge in [0.15, 0.2) is 0 Å². The fourth-order valence-corrected chi connectivity index (χ4v) is 2.29. The molecule has 1 aromatic heterocycles. The van der Waals surface area contributed by atoms with E-state index in [4.69, 9.17) is 5.73 Å². The van der Waals surface area contributed by atoms with E-state index in [1.54, 1.807) is 0 Å². The van der Waals surface area contributed by atoms with Crippen LogP contribution in [0, 0.1) is 5.41 Å². The van der Waals surface area contributed by atoms with Crippen LogP contribution < -0.4 is 11.1 Å². The Labute approximate surface area is 100 Å². The van der Waals surface area contributed by atoms with Crippen molar-refractivity contribution in [1.82, 2.24) is 15.2 Å². The first-order chi connectivity index (χ1) is 8.27. The molecular weight excluding hydrogens is 218 g/mol. The summed E-state index contributed by atoms with van der Waals surface area (Å²) in [5.74, 6) is 0.170. The van der Waals surface area contributed by atoms with E-state index in [1.165, 1.54) is 18.8 Å². The van der Waals surface area contributed by atoms with Crippen molar-refractivity contribution in [3.05, 3.63) is 12.4 Å². The molecule has 0 saturated heterocycles. The Balaban J connectivity index is 2.07. The summed E-state index contributed by atoms with van der Waals surface area (Å²) in [6.07, 6.45) is 7.94. The van der Waals surface area contributed by atoms with Gasteiger partial charge in [0.2, 0.25) is 11.9 Å². The fraction of sp³-hybridized carbons (Fsp3) is 0.636. The molecule has 6 nitrogen and oxygen atoms in total. The molecule has 0 aliphatic heterocycles. The van der Waals surface area contributed by atoms with Gasteiger partial charge >= 0.3 is 0 Å². The smallest absolute Gasteiger partial charge is 0.249 e. The Morgan fingerprint density at radius 1 is 1.35 bits per heavy atom. The van der Waals surface area contributed by atoms with Gasteiger partial charge in [-0.25, -0.2) is 4.98 Å². The van der Waals surface area contributed by atoms with E-state index in [1.807, 2.05) is 0 Å². The maximum Gasteiger partial charge on any atom is 0.249 e. The highest BCUT2D eigenvalue weighted by molar-refractivity contribution is 5.94. The molecule has 1 aromatic rings. The number of amides is 1. The number of nitrogens with zero attached hydrogens (tertiary/aromatic N) is 3. The van der Waals surface area contributed by atoms with E-state index in [0.717, 1.165) is 25.7 Å². The number of nitrogens with two attached hydrogens (primary N) is 1. The van der Waals surface area contributed by atoms with Crippen LogP contribution in [0.3, 0.4) is 0 Å². The van der Waals surface area contributed by atoms with Gasteiger partial charge < -0.3 is 5.73 Å². The van der Waals surface area contributed by atoms with Crippen molar-refractivity contribution in [2.24, 2.45) is 11.1 Å². The number of carbonyl (C=O) groups excluding carboxylic acids is 1. The van der Waals surface area contributed by atoms with Gasteiger partial charge in [0, 0.05) is 6.54 Å². The number of nitrogens with one attached hydrogen (secondary N) is 1. The van der Waals surface area contributed by atoms with Crippen LogP contribution >= 0.6 is 0 Å². The van der Waals surface area contributed by atoms with Crippen molar-refractivity contribution in [2.45, 2.75) is 32.1 Å². The van der Waals surface area contributed by atoms with Crippen molar-refractivity contribution in [3.8, 4) is 0 Å². The Bertz CT molecular complexity index is 375. The zero-order valence-corrected chi connectivity index (χ0v) is 9.72. The molecular formula is C11H17N5O. The molecule has 0 radical (unpaired) electrons. The normalized spacial score (nSPS) is 18.6. The van der Waals surface area contributed by atoms with Crippen LogP contribution in [-0.4, -0.2) is 27.6 Å². The fourth-order valence-electron chi connectivity index (χ4n) is 2.29. The highest BCUT2D eigenvalue weighted by atomic mass is 16.2. The molecule has 0 bridgehead atoms. The topological polar surface area (TPSA) is 93.8 Å². The van der Waals surface area contributed by atoms with Gasteiger partial charge in [-0.15, -0.1) is 5.10 Å². The minimum atomic E-state index is -0.447. The van der Waals surface area contributed by atoms with Gasteiger partial charge in [0.25, 0.3) is 0 Å². The molecule has 6 heteroatoms. The number of hydrogen-bond acceptors (Lipinski definition) is 5. The number of anilines is 1. The lowest BCUT2D eigenvalue weighted by molar-refractivity contribution is -0.126. The van der Waals surface area contributed by atoms with E-state index in [-0.39, 0.29) is 11.9 Å². The van der Waals surface area contributed by atoms with Gasteiger partial charge in [-0.1, -0.05) is 19.3 Å². The second kappa shape index (κ2) is 5.18. The van der Waals surface area contributed by atoms with E-state index in [9.17, 15) is 4.79 Å². The molecule has 92 valence electrons. The second-order valence-electron chi connectivity index (χ2n) is 4.47. The van der Waals surface area contributed by atoms with Crippen LogP contribution in [-0.2, 0) is 4.79 Å². The summed E-state index contributed by atoms with van der Waals surface area (Å²) in [5, 5.41) is 10.1. The van der Waals surface area contributed by atoms with Crippen molar-refractivity contribution < 1.29 is 4.79 Å². The Hall–Kier alpha value is -1.56. The Kier molecular flexibility index (Phi) is 3.63. The van der Waals surface area contributed by atoms with Crippen LogP contribution in [0.1, 0.15) is 32.1 Å². The molecule has 1 aliphatic rings. The molecule has 0 aromatic carbocycles. The zero-order valence-electron chi connectivity index (χ0n) is 9.72. The molecule has 1 saturated carbocycles. The molecule has 0 atom stereocenters. The Morgan fingerprint density at radius 3 is 2.71 bits per heavy atom. The van der Waals surface area contributed by atoms with Gasteiger partial charge in [-0.2, -0.15) is 5.10 Å². The summed E-state index contributed by atoms with van der Waals surface area (Å²) < 4.78 is 0. The van der Waals surface area contributed by atoms with E-state index in [2.05, 4.69) is 20.5 Å². The molecule has 1 fully saturated rings. The molecule has 2 rings (SSSR count). The Morgan fingerprint density at radius 2 is 2.12 bits per heavy atom. The first-order valence-corrected chi connectivity index (χ1v) is 5.92. The highest BCUT2D eigenvalue weighted by Gasteiger charge is 2.38. The van der Waals surface area contributed by atoms with Crippen molar-refractivity contribution >= 4 is 11.9 Å². The summed E-state index contributed by atoms with van der Waals surface area (Å²) >= 11 is 0. The molecule has 0 unspecified atom stereocenters. The van der Waals surface area contributed by atoms with Crippen molar-refractivity contribution in [2.75, 3.05) is 11.9 Å². The molecule has 1 heterocycles. The highest BCUT2D eigenvalue weighted by Crippen LogP contribution is 2.36. The molecule has 17 heavy (non-hydrogen) atoms. The van der Waals surface area contributed by atoms with Crippen LogP contribution in [0.2, 0.25) is 0 Å². The number of rotatable bonds is 3. The number of aromatic nitrogens is 3. The molecule has 1 aliphatic carbocycles. The van der Waals surface area contributed by atoms with Crippen LogP contribution in [0.4, 0.5) is 5.95 Å². The summed E-state index contributed by atoms with van der Waals surface area (Å²) in [6.45, 7) is 0.374. The molecule has 0 spiro atoms. The standard InChI is InChI=1S/C11H17N5O/c12-8-11(4-2-1-3-5-11)9(17)15-10-13-6-7-14-16-10/h6-7H,1-5,8,12H2,(H,13,15,16,17). The largest absolute Gasteiger partial charge is 0.329 e. The molecule has 1 amide bonds. The monoisotopic (exact) mass is 235 g/mol. The summed E-state index contributed by atoms with van der Waals surface area (Å²) in [6, 6.07) is 0. The summed E-state index contributed by atoms with van der Waals surface area (Å²) in [5.41, 5.74) is 5.33. The quantitative estimate of drug-likeness (QED) is 0.805. The maximum absolute atomic E-state index is 12.2. The average Bonchev–Trinajstić information content (AvgIpc) is 2.40. The van der Waals surface area contributed by atoms with Gasteiger partial charge in [-0.3, -0.25) is 10.1 Å². The maximum atomic E-state index is 12.2. The predicted octanol–water partition coefficient (Wildman–Crippen LogP) is 0.719. The lowest BCUT2D eigenvalue weighted by Gasteiger charge is -2.34. The minimum Gasteiger partial charge on any atom is -0.329 e. The van der Waals surface area contributed by atoms with E-state index >= 15 is 0 Å². The SMILES string of the molecule is NCC1(C(=O)Nc2nccnn2)CCCCC1. The van der Waals surface area contributed by atoms with Crippen molar-refractivity contribution in [3.63, 3.8) is 0 Å². The lowest BCUT2D eigenvalue weighted by Crippen LogP contribution is -2.44. The zero-order chi connectivity index (χ0) is 12.1. The van der Waals surface area contributed by atoms with Gasteiger partial charge in [0.1, 0.15) is 0 Å². The lowest BCUT2D eigenvalue weighted by atomic mass is 9.73.